The predicted molar refractivity (Wildman–Crippen MR) is 120 cm³/mol. The van der Waals surface area contributed by atoms with Gasteiger partial charge in [0.05, 0.1) is 25.0 Å². The lowest BCUT2D eigenvalue weighted by Gasteiger charge is -2.08. The van der Waals surface area contributed by atoms with Crippen LogP contribution in [0.3, 0.4) is 0 Å². The number of unbranched alkanes of at least 4 members (excludes halogenated alkanes) is 3. The molecule has 0 radical (unpaired) electrons. The molecule has 0 heterocycles. The molecule has 7 heteroatoms. The maximum atomic E-state index is 12.3. The van der Waals surface area contributed by atoms with E-state index in [1.54, 1.807) is 24.3 Å². The van der Waals surface area contributed by atoms with Crippen molar-refractivity contribution in [2.24, 2.45) is 0 Å². The largest absolute Gasteiger partial charge is 0.494 e. The van der Waals surface area contributed by atoms with Crippen molar-refractivity contribution in [2.45, 2.75) is 25.7 Å². The molecule has 0 N–H and O–H groups in total. The van der Waals surface area contributed by atoms with Gasteiger partial charge >= 0.3 is 11.9 Å². The zero-order valence-corrected chi connectivity index (χ0v) is 18.0. The summed E-state index contributed by atoms with van der Waals surface area (Å²) in [7, 11) is 0. The lowest BCUT2D eigenvalue weighted by molar-refractivity contribution is -0.128. The fourth-order valence-electron chi connectivity index (χ4n) is 2.59. The van der Waals surface area contributed by atoms with Crippen molar-refractivity contribution in [2.75, 3.05) is 20.0 Å². The molecule has 2 aromatic rings. The summed E-state index contributed by atoms with van der Waals surface area (Å²) in [4.78, 5) is 23.4. The molecule has 0 aliphatic heterocycles. The Morgan fingerprint density at radius 1 is 0.750 bits per heavy atom. The predicted octanol–water partition coefficient (Wildman–Crippen LogP) is 5.07. The highest BCUT2D eigenvalue weighted by atomic mass is 16.7. The van der Waals surface area contributed by atoms with Gasteiger partial charge in [0.15, 0.2) is 6.79 Å². The van der Waals surface area contributed by atoms with Crippen molar-refractivity contribution < 1.29 is 33.3 Å². The van der Waals surface area contributed by atoms with Gasteiger partial charge < -0.3 is 23.7 Å². The highest BCUT2D eigenvalue weighted by Crippen LogP contribution is 2.20. The molecule has 7 nitrogen and oxygen atoms in total. The molecule has 32 heavy (non-hydrogen) atoms. The molecule has 0 amide bonds. The van der Waals surface area contributed by atoms with Crippen LogP contribution < -0.4 is 14.2 Å². The van der Waals surface area contributed by atoms with Gasteiger partial charge in [-0.1, -0.05) is 19.6 Å². The van der Waals surface area contributed by atoms with Gasteiger partial charge in [0.25, 0.3) is 0 Å². The van der Waals surface area contributed by atoms with E-state index in [4.69, 9.17) is 23.7 Å². The van der Waals surface area contributed by atoms with Gasteiger partial charge in [-0.05, 0) is 67.8 Å². The summed E-state index contributed by atoms with van der Waals surface area (Å²) >= 11 is 0. The van der Waals surface area contributed by atoms with Crippen molar-refractivity contribution in [3.63, 3.8) is 0 Å². The quantitative estimate of drug-likeness (QED) is 0.0955. The topological polar surface area (TPSA) is 80.3 Å². The first-order chi connectivity index (χ1) is 15.6. The molecule has 2 aromatic carbocycles. The third-order valence-corrected chi connectivity index (χ3v) is 4.23. The maximum Gasteiger partial charge on any atom is 0.343 e. The molecule has 0 aliphatic rings. The second-order valence-corrected chi connectivity index (χ2v) is 6.63. The van der Waals surface area contributed by atoms with Crippen molar-refractivity contribution >= 4 is 11.9 Å². The van der Waals surface area contributed by atoms with Crippen molar-refractivity contribution in [1.29, 1.82) is 0 Å². The molecule has 0 aromatic heterocycles. The lowest BCUT2D eigenvalue weighted by atomic mass is 10.2. The Kier molecular flexibility index (Phi) is 11.1. The van der Waals surface area contributed by atoms with Crippen LogP contribution in [0, 0.1) is 0 Å². The summed E-state index contributed by atoms with van der Waals surface area (Å²) in [6.07, 6.45) is 6.45. The summed E-state index contributed by atoms with van der Waals surface area (Å²) in [5.41, 5.74) is 0.336. The maximum absolute atomic E-state index is 12.3. The minimum Gasteiger partial charge on any atom is -0.494 e. The first-order valence-electron chi connectivity index (χ1n) is 10.3. The molecule has 0 bridgehead atoms. The van der Waals surface area contributed by atoms with Crippen molar-refractivity contribution in [1.82, 2.24) is 0 Å². The Bertz CT molecular complexity index is 857. The second-order valence-electron chi connectivity index (χ2n) is 6.63. The minimum absolute atomic E-state index is 0.247. The Labute approximate surface area is 188 Å². The average Bonchev–Trinajstić information content (AvgIpc) is 2.81. The van der Waals surface area contributed by atoms with E-state index in [0.717, 1.165) is 31.8 Å². The number of ether oxygens (including phenoxy) is 5. The highest BCUT2D eigenvalue weighted by molar-refractivity contribution is 5.91. The van der Waals surface area contributed by atoms with Gasteiger partial charge in [0.2, 0.25) is 0 Å². The van der Waals surface area contributed by atoms with Crippen LogP contribution in [-0.2, 0) is 14.3 Å². The van der Waals surface area contributed by atoms with Crippen LogP contribution in [0.2, 0.25) is 0 Å². The first kappa shape index (κ1) is 24.7. The van der Waals surface area contributed by atoms with E-state index in [-0.39, 0.29) is 6.79 Å². The van der Waals surface area contributed by atoms with E-state index in [1.165, 1.54) is 30.5 Å². The summed E-state index contributed by atoms with van der Waals surface area (Å²) < 4.78 is 26.2. The normalized spacial score (nSPS) is 10.1. The smallest absolute Gasteiger partial charge is 0.343 e. The molecule has 0 unspecified atom stereocenters. The van der Waals surface area contributed by atoms with E-state index in [9.17, 15) is 9.59 Å². The van der Waals surface area contributed by atoms with E-state index in [1.807, 2.05) is 0 Å². The van der Waals surface area contributed by atoms with Crippen LogP contribution in [0.15, 0.2) is 74.0 Å². The van der Waals surface area contributed by atoms with Crippen LogP contribution in [0.4, 0.5) is 0 Å². The molecule has 0 saturated carbocycles. The molecule has 0 spiro atoms. The van der Waals surface area contributed by atoms with Crippen LogP contribution >= 0.6 is 0 Å². The molecular formula is C25H28O7. The number of rotatable bonds is 15. The summed E-state index contributed by atoms with van der Waals surface area (Å²) in [6.45, 7) is 8.30. The summed E-state index contributed by atoms with van der Waals surface area (Å²) in [5.74, 6) is 0.357. The van der Waals surface area contributed by atoms with Crippen molar-refractivity contribution in [3.05, 3.63) is 79.6 Å². The fraction of sp³-hybridized carbons (Fsp3) is 0.280. The Morgan fingerprint density at radius 2 is 1.34 bits per heavy atom. The standard InChI is InChI=1S/C25H28O7/c1-3-24(26)31-22-11-9-20(10-12-22)25(27)32-23-15-13-21(14-16-23)30-18-8-6-5-7-17-29-19-28-4-2/h3-4,9-16H,1-2,5-8,17-19H2. The van der Waals surface area contributed by atoms with Gasteiger partial charge in [-0.3, -0.25) is 0 Å². The lowest BCUT2D eigenvalue weighted by Crippen LogP contribution is -2.09. The van der Waals surface area contributed by atoms with E-state index in [2.05, 4.69) is 13.2 Å². The highest BCUT2D eigenvalue weighted by Gasteiger charge is 2.10. The number of esters is 2. The molecule has 0 aliphatic carbocycles. The van der Waals surface area contributed by atoms with Gasteiger partial charge in [-0.15, -0.1) is 0 Å². The van der Waals surface area contributed by atoms with Gasteiger partial charge in [0, 0.05) is 6.08 Å². The van der Waals surface area contributed by atoms with Crippen LogP contribution in [0.5, 0.6) is 17.2 Å². The average molecular weight is 440 g/mol. The molecule has 2 rings (SSSR count). The van der Waals surface area contributed by atoms with Gasteiger partial charge in [-0.2, -0.15) is 0 Å². The molecule has 0 saturated heterocycles. The number of hydrogen-bond acceptors (Lipinski definition) is 7. The number of carbonyl (C=O) groups excluding carboxylic acids is 2. The molecule has 170 valence electrons. The third-order valence-electron chi connectivity index (χ3n) is 4.23. The van der Waals surface area contributed by atoms with Crippen LogP contribution in [0.25, 0.3) is 0 Å². The monoisotopic (exact) mass is 440 g/mol. The van der Waals surface area contributed by atoms with Gasteiger partial charge in [-0.25, -0.2) is 9.59 Å². The van der Waals surface area contributed by atoms with Gasteiger partial charge in [0.1, 0.15) is 17.2 Å². The molecular weight excluding hydrogens is 412 g/mol. The van der Waals surface area contributed by atoms with Crippen molar-refractivity contribution in [3.8, 4) is 17.2 Å². The first-order valence-corrected chi connectivity index (χ1v) is 10.3. The van der Waals surface area contributed by atoms with Crippen LogP contribution in [-0.4, -0.2) is 31.9 Å². The Balaban J connectivity index is 1.65. The number of benzene rings is 2. The summed E-state index contributed by atoms with van der Waals surface area (Å²) in [6, 6.07) is 12.9. The Hall–Kier alpha value is -3.58. The second kappa shape index (κ2) is 14.4. The zero-order chi connectivity index (χ0) is 23.0. The number of carbonyl (C=O) groups is 2. The van der Waals surface area contributed by atoms with E-state index in [0.29, 0.717) is 36.0 Å². The third kappa shape index (κ3) is 9.49. The summed E-state index contributed by atoms with van der Waals surface area (Å²) in [5, 5.41) is 0. The van der Waals surface area contributed by atoms with Crippen LogP contribution in [0.1, 0.15) is 36.0 Å². The number of hydrogen-bond donors (Lipinski definition) is 0. The van der Waals surface area contributed by atoms with E-state index >= 15 is 0 Å². The Morgan fingerprint density at radius 3 is 2.00 bits per heavy atom. The van der Waals surface area contributed by atoms with E-state index < -0.39 is 11.9 Å². The zero-order valence-electron chi connectivity index (χ0n) is 18.0. The minimum atomic E-state index is -0.567. The molecule has 0 fully saturated rings. The molecule has 0 atom stereocenters. The SMILES string of the molecule is C=COCOCCCCCCOc1ccc(OC(=O)c2ccc(OC(=O)C=C)cc2)cc1. The fourth-order valence-corrected chi connectivity index (χ4v) is 2.59.